The summed E-state index contributed by atoms with van der Waals surface area (Å²) in [6, 6.07) is 45.6. The molecule has 7 aromatic carbocycles. The number of alkyl halides is 6. The lowest BCUT2D eigenvalue weighted by Crippen LogP contribution is -2.32. The molecule has 91 heavy (non-hydrogen) atoms. The third kappa shape index (κ3) is 20.4. The van der Waals surface area contributed by atoms with Crippen LogP contribution in [0.3, 0.4) is 0 Å². The monoisotopic (exact) mass is 1280 g/mol. The molecule has 28 heteroatoms. The van der Waals surface area contributed by atoms with Gasteiger partial charge in [-0.15, -0.1) is 0 Å². The summed E-state index contributed by atoms with van der Waals surface area (Å²) in [4.78, 5) is 37.8. The highest BCUT2D eigenvalue weighted by Crippen LogP contribution is 2.40. The number of aryl methyl sites for hydroxylation is 1. The third-order valence-electron chi connectivity index (χ3n) is 13.1. The Labute approximate surface area is 517 Å². The van der Waals surface area contributed by atoms with E-state index in [0.717, 1.165) is 16.7 Å². The maximum Gasteiger partial charge on any atom is 0.429 e. The molecule has 0 aliphatic carbocycles. The van der Waals surface area contributed by atoms with Crippen molar-refractivity contribution in [1.82, 2.24) is 19.9 Å². The van der Waals surface area contributed by atoms with Gasteiger partial charge >= 0.3 is 24.3 Å². The fourth-order valence-electron chi connectivity index (χ4n) is 8.51. The van der Waals surface area contributed by atoms with Crippen molar-refractivity contribution in [3.63, 3.8) is 0 Å². The Morgan fingerprint density at radius 2 is 0.835 bits per heavy atom. The quantitative estimate of drug-likeness (QED) is 0.0292. The van der Waals surface area contributed by atoms with Crippen molar-refractivity contribution in [3.8, 4) is 68.0 Å². The zero-order chi connectivity index (χ0) is 64.8. The van der Waals surface area contributed by atoms with E-state index in [4.69, 9.17) is 56.6 Å². The number of aliphatic carboxylic acids is 2. The van der Waals surface area contributed by atoms with Crippen LogP contribution < -0.4 is 41.9 Å². The van der Waals surface area contributed by atoms with Gasteiger partial charge in [0, 0.05) is 34.4 Å². The second-order valence-electron chi connectivity index (χ2n) is 19.7. The highest BCUT2D eigenvalue weighted by atomic mass is 32.2. The molecule has 4 atom stereocenters. The number of carboxylic acids is 2. The van der Waals surface area contributed by atoms with Crippen molar-refractivity contribution >= 4 is 34.0 Å². The first-order chi connectivity index (χ1) is 42.1. The predicted molar refractivity (Wildman–Crippen MR) is 326 cm³/mol. The Hall–Kier alpha value is -10.2. The van der Waals surface area contributed by atoms with Crippen molar-refractivity contribution in [1.29, 1.82) is 0 Å². The number of nitrogens with zero attached hydrogens (tertiary/aromatic N) is 4. The van der Waals surface area contributed by atoms with E-state index in [9.17, 15) is 44.3 Å². The van der Waals surface area contributed by atoms with Gasteiger partial charge < -0.3 is 63.0 Å². The fraction of sp³-hybridized carbons (Fsp3) is 0.175. The van der Waals surface area contributed by atoms with E-state index in [1.807, 2.05) is 19.1 Å². The minimum Gasteiger partial charge on any atom is -0.497 e. The number of halogens is 6. The lowest BCUT2D eigenvalue weighted by Gasteiger charge is -2.22. The first-order valence-electron chi connectivity index (χ1n) is 26.5. The maximum atomic E-state index is 14.1. The summed E-state index contributed by atoms with van der Waals surface area (Å²) in [5.74, 6) is -2.24. The SMILES string of the molecule is COc1cccc(-c2ccc([C@@H](Oc3cc(-c4ccc(C[C@H](N)C(=O)O)cc4)nc(N)n3)C(F)(F)F)cc2)c1.COc1cccc(-c2ccc([C@@H](Oc3cc(-c4ccc(C[C@H](N)C(=O)O)cc4)nc(N)n3)C(F)(F)F)cc2)c1.Cc1ccc(S(=O)(=O)O)cc1.O.O. The van der Waals surface area contributed by atoms with E-state index in [1.54, 1.807) is 121 Å². The summed E-state index contributed by atoms with van der Waals surface area (Å²) in [7, 11) is -0.952. The number of nitrogens with two attached hydrogens (primary N) is 4. The van der Waals surface area contributed by atoms with Crippen LogP contribution in [0.25, 0.3) is 44.8 Å². The lowest BCUT2D eigenvalue weighted by atomic mass is 10.0. The molecule has 0 spiro atoms. The standard InChI is InChI=1S/2C28H25F3N4O4.C7H8O3S.2H2O/c2*1-38-21-4-2-3-20(14-21)17-9-11-19(12-10-17)25(28(29,30)31)39-24-15-23(34-27(33)35-24)18-7-5-16(6-8-18)13-22(32)26(36)37;1-6-2-4-7(5-3-6)11(8,9)10;;/h2*2-12,14-15,22,25H,13,32H2,1H3,(H,36,37)(H2,33,34,35);2-5H,1H3,(H,8,9,10);2*1H2/t2*22-,25+;;;/m00.../s1. The summed E-state index contributed by atoms with van der Waals surface area (Å²) >= 11 is 0. The van der Waals surface area contributed by atoms with E-state index in [0.29, 0.717) is 44.9 Å². The molecule has 9 rings (SSSR count). The summed E-state index contributed by atoms with van der Waals surface area (Å²) in [5, 5.41) is 18.0. The number of anilines is 2. The smallest absolute Gasteiger partial charge is 0.429 e. The Morgan fingerprint density at radius 1 is 0.495 bits per heavy atom. The van der Waals surface area contributed by atoms with Crippen LogP contribution in [0.4, 0.5) is 38.2 Å². The second kappa shape index (κ2) is 31.3. The number of rotatable bonds is 19. The summed E-state index contributed by atoms with van der Waals surface area (Å²) in [6.45, 7) is 1.84. The Balaban J connectivity index is 0.000000278. The number of hydrogen-bond donors (Lipinski definition) is 7. The van der Waals surface area contributed by atoms with Gasteiger partial charge in [0.25, 0.3) is 10.1 Å². The first kappa shape index (κ1) is 71.5. The lowest BCUT2D eigenvalue weighted by molar-refractivity contribution is -0.199. The molecule has 480 valence electrons. The van der Waals surface area contributed by atoms with E-state index in [2.05, 4.69) is 19.9 Å². The van der Waals surface area contributed by atoms with Crippen molar-refractivity contribution in [2.24, 2.45) is 11.5 Å². The molecular weight excluding hydrogens is 1220 g/mol. The average Bonchev–Trinajstić information content (AvgIpc) is 0.984. The van der Waals surface area contributed by atoms with Crippen LogP contribution in [0, 0.1) is 6.92 Å². The molecule has 0 aliphatic rings. The molecule has 15 N–H and O–H groups in total. The van der Waals surface area contributed by atoms with Crippen LogP contribution in [-0.4, -0.2) is 105 Å². The highest BCUT2D eigenvalue weighted by Gasteiger charge is 2.44. The van der Waals surface area contributed by atoms with Crippen LogP contribution in [0.5, 0.6) is 23.3 Å². The number of hydrogen-bond acceptors (Lipinski definition) is 16. The highest BCUT2D eigenvalue weighted by molar-refractivity contribution is 7.85. The van der Waals surface area contributed by atoms with E-state index in [-0.39, 0.29) is 74.9 Å². The Kier molecular flexibility index (Phi) is 24.6. The van der Waals surface area contributed by atoms with Crippen molar-refractivity contribution in [2.45, 2.75) is 61.3 Å². The van der Waals surface area contributed by atoms with Gasteiger partial charge in [0.15, 0.2) is 0 Å². The minimum atomic E-state index is -4.75. The van der Waals surface area contributed by atoms with Crippen molar-refractivity contribution in [2.75, 3.05) is 25.7 Å². The van der Waals surface area contributed by atoms with Gasteiger partial charge in [-0.1, -0.05) is 139 Å². The molecule has 0 unspecified atom stereocenters. The minimum absolute atomic E-state index is 0. The molecule has 0 aliphatic heterocycles. The van der Waals surface area contributed by atoms with Crippen LogP contribution >= 0.6 is 0 Å². The van der Waals surface area contributed by atoms with E-state index >= 15 is 0 Å². The van der Waals surface area contributed by atoms with Crippen LogP contribution in [0.2, 0.25) is 0 Å². The van der Waals surface area contributed by atoms with E-state index in [1.165, 1.54) is 62.8 Å². The number of aromatic nitrogens is 4. The number of benzene rings is 7. The topological polar surface area (TPSA) is 385 Å². The summed E-state index contributed by atoms with van der Waals surface area (Å²) in [6.07, 6.45) is -13.9. The molecule has 0 fully saturated rings. The van der Waals surface area contributed by atoms with Crippen molar-refractivity contribution < 1.29 is 89.0 Å². The number of ether oxygens (including phenoxy) is 4. The molecule has 0 saturated heterocycles. The van der Waals surface area contributed by atoms with Gasteiger partial charge in [-0.3, -0.25) is 14.1 Å². The van der Waals surface area contributed by atoms with E-state index < -0.39 is 58.7 Å². The predicted octanol–water partition coefficient (Wildman–Crippen LogP) is 9.67. The number of methoxy groups -OCH3 is 2. The summed E-state index contributed by atoms with van der Waals surface area (Å²) < 4.78 is 135. The largest absolute Gasteiger partial charge is 0.497 e. The number of carboxylic acid groups (broad SMARTS) is 2. The van der Waals surface area contributed by atoms with Crippen LogP contribution in [0.15, 0.2) is 187 Å². The van der Waals surface area contributed by atoms with Gasteiger partial charge in [0.1, 0.15) is 23.6 Å². The molecule has 2 aromatic heterocycles. The second-order valence-corrected chi connectivity index (χ2v) is 21.1. The molecule has 21 nitrogen and oxygen atoms in total. The van der Waals surface area contributed by atoms with Gasteiger partial charge in [-0.2, -0.15) is 44.7 Å². The normalized spacial score (nSPS) is 12.5. The Morgan fingerprint density at radius 3 is 1.14 bits per heavy atom. The number of nitrogen functional groups attached to an aromatic ring is 2. The fourth-order valence-corrected chi connectivity index (χ4v) is 8.99. The molecular formula is C63H62F6N8O13S. The van der Waals surface area contributed by atoms with Crippen molar-refractivity contribution in [3.05, 3.63) is 210 Å². The Bertz CT molecular complexity index is 3770. The molecule has 2 heterocycles. The third-order valence-corrected chi connectivity index (χ3v) is 14.0. The van der Waals surface area contributed by atoms with Crippen LogP contribution in [-0.2, 0) is 32.5 Å². The van der Waals surface area contributed by atoms with Crippen LogP contribution in [0.1, 0.15) is 40.0 Å². The number of carbonyl (C=O) groups is 2. The molecule has 0 amide bonds. The van der Waals surface area contributed by atoms with Gasteiger partial charge in [-0.05, 0) is 89.5 Å². The molecule has 0 radical (unpaired) electrons. The molecule has 0 bridgehead atoms. The maximum absolute atomic E-state index is 14.1. The van der Waals surface area contributed by atoms with Gasteiger partial charge in [-0.25, -0.2) is 9.97 Å². The first-order valence-corrected chi connectivity index (χ1v) is 27.9. The molecule has 9 aromatic rings. The zero-order valence-corrected chi connectivity index (χ0v) is 49.2. The summed E-state index contributed by atoms with van der Waals surface area (Å²) in [5.41, 5.74) is 29.3. The van der Waals surface area contributed by atoms with Gasteiger partial charge in [0.2, 0.25) is 35.9 Å². The average molecular weight is 1290 g/mol. The zero-order valence-electron chi connectivity index (χ0n) is 48.4. The van der Waals surface area contributed by atoms with Gasteiger partial charge in [0.05, 0.1) is 30.5 Å². The molecule has 0 saturated carbocycles.